The summed E-state index contributed by atoms with van der Waals surface area (Å²) in [5.74, 6) is -1.17. The van der Waals surface area contributed by atoms with E-state index in [0.717, 1.165) is 28.7 Å². The van der Waals surface area contributed by atoms with Crippen molar-refractivity contribution in [3.8, 4) is 0 Å². The summed E-state index contributed by atoms with van der Waals surface area (Å²) < 4.78 is 85.6. The molecule has 2 atom stereocenters. The molecule has 2 aromatic carbocycles. The summed E-state index contributed by atoms with van der Waals surface area (Å²) in [7, 11) is 1.27. The van der Waals surface area contributed by atoms with Gasteiger partial charge in [0.1, 0.15) is 0 Å². The van der Waals surface area contributed by atoms with Gasteiger partial charge in [0.2, 0.25) is 0 Å². The highest BCUT2D eigenvalue weighted by Crippen LogP contribution is 2.34. The van der Waals surface area contributed by atoms with Crippen LogP contribution in [-0.2, 0) is 31.4 Å². The lowest BCUT2D eigenvalue weighted by Crippen LogP contribution is -2.19. The molecule has 1 fully saturated rings. The van der Waals surface area contributed by atoms with Crippen molar-refractivity contribution in [1.29, 1.82) is 0 Å². The second-order valence-electron chi connectivity index (χ2n) is 8.21. The Hall–Kier alpha value is -1.73. The molecule has 4 nitrogen and oxygen atoms in total. The molecule has 0 bridgehead atoms. The number of alkyl halides is 9. The van der Waals surface area contributed by atoms with Crippen molar-refractivity contribution in [2.75, 3.05) is 23.5 Å². The predicted octanol–water partition coefficient (Wildman–Crippen LogP) is 8.72. The quantitative estimate of drug-likeness (QED) is 0.130. The molecule has 1 aliphatic rings. The van der Waals surface area contributed by atoms with E-state index in [1.807, 2.05) is 0 Å². The lowest BCUT2D eigenvalue weighted by Gasteiger charge is -2.22. The molecule has 0 aromatic heterocycles. The predicted molar refractivity (Wildman–Crippen MR) is 145 cm³/mol. The number of carbonyl (C=O) groups is 2. The average Bonchev–Trinajstić information content (AvgIpc) is 2.88. The number of rotatable bonds is 6. The van der Waals surface area contributed by atoms with Crippen LogP contribution in [0.1, 0.15) is 59.8 Å². The van der Waals surface area contributed by atoms with Crippen LogP contribution in [0.3, 0.4) is 0 Å². The van der Waals surface area contributed by atoms with E-state index in [1.54, 1.807) is 12.1 Å². The van der Waals surface area contributed by atoms with Crippen LogP contribution in [0, 0.1) is 0 Å². The van der Waals surface area contributed by atoms with Crippen LogP contribution in [0.5, 0.6) is 0 Å². The summed E-state index contributed by atoms with van der Waals surface area (Å²) in [5, 5.41) is 0.194. The summed E-state index contributed by atoms with van der Waals surface area (Å²) >= 11 is 11.7. The Labute approximate surface area is 246 Å². The second-order valence-corrected chi connectivity index (χ2v) is 10.1. The molecule has 0 saturated carbocycles. The standard InChI is InChI=1S/C13H14F3IO2.C12H11F3O2.CH2Cl2/c1-19-12(18)8-10(5-6-17)9-3-2-4-11(7-9)13(14,15)16;13-12(14,15)10-3-1-2-8(6-10)9-4-5-17-11(16)7-9;2-1-3/h2-4,7,10H,5-6,8H2,1H3;1-3,6,9H,4-5,7H2;1H2/t10-;;/m0../s1. The number of cyclic esters (lactones) is 1. The number of methoxy groups -OCH3 is 1. The monoisotopic (exact) mass is 714 g/mol. The lowest BCUT2D eigenvalue weighted by atomic mass is 9.90. The van der Waals surface area contributed by atoms with Gasteiger partial charge in [0.05, 0.1) is 43.0 Å². The maximum absolute atomic E-state index is 12.7. The van der Waals surface area contributed by atoms with Crippen LogP contribution in [0.4, 0.5) is 26.3 Å². The zero-order valence-electron chi connectivity index (χ0n) is 20.8. The number of esters is 2. The van der Waals surface area contributed by atoms with Gasteiger partial charge in [-0.3, -0.25) is 9.59 Å². The Morgan fingerprint density at radius 1 is 1.05 bits per heavy atom. The summed E-state index contributed by atoms with van der Waals surface area (Å²) in [5.41, 5.74) is -0.282. The summed E-state index contributed by atoms with van der Waals surface area (Å²) in [4.78, 5) is 22.4. The van der Waals surface area contributed by atoms with Gasteiger partial charge in [-0.25, -0.2) is 0 Å². The molecule has 1 heterocycles. The van der Waals surface area contributed by atoms with Crippen molar-refractivity contribution in [3.63, 3.8) is 0 Å². The molecular formula is C26H27Cl2F6IO4. The van der Waals surface area contributed by atoms with Gasteiger partial charge < -0.3 is 9.47 Å². The van der Waals surface area contributed by atoms with E-state index in [1.165, 1.54) is 19.2 Å². The first-order valence-electron chi connectivity index (χ1n) is 11.5. The minimum Gasteiger partial charge on any atom is -0.469 e. The molecule has 1 aliphatic heterocycles. The van der Waals surface area contributed by atoms with Gasteiger partial charge in [-0.2, -0.15) is 26.3 Å². The first kappa shape index (κ1) is 35.3. The maximum atomic E-state index is 12.7. The van der Waals surface area contributed by atoms with Crippen LogP contribution < -0.4 is 0 Å². The zero-order valence-corrected chi connectivity index (χ0v) is 24.4. The van der Waals surface area contributed by atoms with Gasteiger partial charge in [0.25, 0.3) is 0 Å². The SMILES string of the molecule is COC(=O)C[C@H](CCI)c1cccc(C(F)(F)F)c1.ClCCl.O=C1CC(c2cccc(C(F)(F)F)c2)CCO1. The van der Waals surface area contributed by atoms with Crippen molar-refractivity contribution >= 4 is 57.7 Å². The van der Waals surface area contributed by atoms with Crippen molar-refractivity contribution in [1.82, 2.24) is 0 Å². The van der Waals surface area contributed by atoms with Gasteiger partial charge in [0, 0.05) is 4.43 Å². The molecule has 3 rings (SSSR count). The number of ether oxygens (including phenoxy) is 2. The highest BCUT2D eigenvalue weighted by atomic mass is 127. The molecule has 0 radical (unpaired) electrons. The first-order chi connectivity index (χ1) is 18.3. The third kappa shape index (κ3) is 13.0. The lowest BCUT2D eigenvalue weighted by molar-refractivity contribution is -0.147. The summed E-state index contributed by atoms with van der Waals surface area (Å²) in [6.07, 6.45) is -7.24. The fraction of sp³-hybridized carbons (Fsp3) is 0.462. The van der Waals surface area contributed by atoms with Crippen molar-refractivity contribution in [2.24, 2.45) is 0 Å². The number of halogens is 9. The van der Waals surface area contributed by atoms with Crippen molar-refractivity contribution in [3.05, 3.63) is 70.8 Å². The van der Waals surface area contributed by atoms with E-state index in [2.05, 4.69) is 27.3 Å². The topological polar surface area (TPSA) is 52.6 Å². The van der Waals surface area contributed by atoms with Gasteiger partial charge >= 0.3 is 24.3 Å². The number of carbonyl (C=O) groups excluding carboxylic acids is 2. The molecule has 39 heavy (non-hydrogen) atoms. The number of benzene rings is 2. The van der Waals surface area contributed by atoms with E-state index in [0.29, 0.717) is 24.0 Å². The van der Waals surface area contributed by atoms with Crippen LogP contribution in [0.15, 0.2) is 48.5 Å². The molecule has 0 N–H and O–H groups in total. The van der Waals surface area contributed by atoms with Gasteiger partial charge in [0.15, 0.2) is 0 Å². The van der Waals surface area contributed by atoms with E-state index in [9.17, 15) is 35.9 Å². The Morgan fingerprint density at radius 3 is 2.13 bits per heavy atom. The highest BCUT2D eigenvalue weighted by molar-refractivity contribution is 14.1. The number of hydrogen-bond donors (Lipinski definition) is 0. The third-order valence-electron chi connectivity index (χ3n) is 5.61. The maximum Gasteiger partial charge on any atom is 0.416 e. The molecular weight excluding hydrogens is 688 g/mol. The fourth-order valence-electron chi connectivity index (χ4n) is 3.70. The molecule has 0 amide bonds. The van der Waals surface area contributed by atoms with Crippen molar-refractivity contribution < 1.29 is 45.4 Å². The molecule has 0 spiro atoms. The minimum atomic E-state index is -4.36. The first-order valence-corrected chi connectivity index (χ1v) is 14.1. The normalized spacial score (nSPS) is 16.1. The fourth-order valence-corrected chi connectivity index (χ4v) is 4.45. The third-order valence-corrected chi connectivity index (χ3v) is 6.23. The van der Waals surface area contributed by atoms with Gasteiger partial charge in [-0.15, -0.1) is 23.2 Å². The Bertz CT molecular complexity index is 1050. The zero-order chi connectivity index (χ0) is 29.6. The largest absolute Gasteiger partial charge is 0.469 e. The molecule has 0 aliphatic carbocycles. The van der Waals surface area contributed by atoms with Crippen LogP contribution >= 0.6 is 45.8 Å². The second kappa shape index (κ2) is 17.2. The molecule has 13 heteroatoms. The van der Waals surface area contributed by atoms with Crippen LogP contribution in [0.25, 0.3) is 0 Å². The van der Waals surface area contributed by atoms with Crippen LogP contribution in [0.2, 0.25) is 0 Å². The number of hydrogen-bond acceptors (Lipinski definition) is 4. The summed E-state index contributed by atoms with van der Waals surface area (Å²) in [6, 6.07) is 10.3. The van der Waals surface area contributed by atoms with Crippen molar-refractivity contribution in [2.45, 2.75) is 49.9 Å². The van der Waals surface area contributed by atoms with E-state index in [4.69, 9.17) is 27.9 Å². The van der Waals surface area contributed by atoms with Crippen LogP contribution in [-0.4, -0.2) is 35.4 Å². The molecule has 1 saturated heterocycles. The molecule has 1 unspecified atom stereocenters. The Kier molecular flexibility index (Phi) is 15.5. The molecule has 2 aromatic rings. The van der Waals surface area contributed by atoms with Gasteiger partial charge in [-0.1, -0.05) is 59.0 Å². The Morgan fingerprint density at radius 2 is 1.62 bits per heavy atom. The Balaban J connectivity index is 0.000000356. The minimum absolute atomic E-state index is 0.0980. The van der Waals surface area contributed by atoms with E-state index >= 15 is 0 Å². The van der Waals surface area contributed by atoms with E-state index < -0.39 is 29.4 Å². The average molecular weight is 715 g/mol. The van der Waals surface area contributed by atoms with Gasteiger partial charge in [-0.05, 0) is 47.9 Å². The van der Waals surface area contributed by atoms with E-state index in [-0.39, 0.29) is 42.6 Å². The smallest absolute Gasteiger partial charge is 0.416 e. The summed E-state index contributed by atoms with van der Waals surface area (Å²) in [6.45, 7) is 0.278. The highest BCUT2D eigenvalue weighted by Gasteiger charge is 2.32. The molecule has 218 valence electrons.